The highest BCUT2D eigenvalue weighted by atomic mass is 79.9. The Morgan fingerprint density at radius 1 is 1.08 bits per heavy atom. The molecule has 2 aromatic rings. The largest absolute Gasteiger partial charge is 0.493 e. The lowest BCUT2D eigenvalue weighted by atomic mass is 10.1. The van der Waals surface area contributed by atoms with Gasteiger partial charge in [0.25, 0.3) is 5.91 Å². The van der Waals surface area contributed by atoms with Crippen LogP contribution in [0.15, 0.2) is 46.0 Å². The Labute approximate surface area is 148 Å². The number of amides is 1. The molecule has 0 saturated carbocycles. The van der Waals surface area contributed by atoms with E-state index in [1.54, 1.807) is 18.3 Å². The molecule has 0 atom stereocenters. The first-order valence-corrected chi connectivity index (χ1v) is 7.77. The maximum Gasteiger partial charge on any atom is 0.271 e. The third kappa shape index (κ3) is 4.26. The minimum atomic E-state index is -0.388. The van der Waals surface area contributed by atoms with E-state index < -0.39 is 0 Å². The highest BCUT2D eigenvalue weighted by molar-refractivity contribution is 9.10. The second kappa shape index (κ2) is 8.35. The topological polar surface area (TPSA) is 69.2 Å². The minimum absolute atomic E-state index is 0.343. The molecule has 2 aromatic carbocycles. The molecule has 0 aliphatic rings. The van der Waals surface area contributed by atoms with Crippen LogP contribution in [0.3, 0.4) is 0 Å². The maximum absolute atomic E-state index is 12.3. The molecule has 6 nitrogen and oxygen atoms in total. The molecule has 0 radical (unpaired) electrons. The Bertz CT molecular complexity index is 737. The third-order valence-corrected chi connectivity index (χ3v) is 3.65. The number of methoxy groups -OCH3 is 3. The van der Waals surface area contributed by atoms with Crippen molar-refractivity contribution in [2.75, 3.05) is 21.3 Å². The van der Waals surface area contributed by atoms with Gasteiger partial charge in [-0.1, -0.05) is 28.1 Å². The Balaban J connectivity index is 2.17. The zero-order valence-electron chi connectivity index (χ0n) is 13.5. The highest BCUT2D eigenvalue weighted by Gasteiger charge is 2.16. The number of carbonyl (C=O) groups excluding carboxylic acids is 1. The van der Waals surface area contributed by atoms with E-state index in [-0.39, 0.29) is 5.91 Å². The van der Waals surface area contributed by atoms with E-state index in [0.29, 0.717) is 22.8 Å². The predicted molar refractivity (Wildman–Crippen MR) is 95.3 cm³/mol. The molecule has 0 saturated heterocycles. The fourth-order valence-electron chi connectivity index (χ4n) is 2.03. The lowest BCUT2D eigenvalue weighted by Crippen LogP contribution is -2.18. The zero-order chi connectivity index (χ0) is 17.5. The number of hydrogen-bond acceptors (Lipinski definition) is 5. The lowest BCUT2D eigenvalue weighted by Gasteiger charge is -2.13. The molecule has 0 aliphatic heterocycles. The quantitative estimate of drug-likeness (QED) is 0.605. The fourth-order valence-corrected chi connectivity index (χ4v) is 2.45. The Kier molecular flexibility index (Phi) is 6.20. The summed E-state index contributed by atoms with van der Waals surface area (Å²) < 4.78 is 16.6. The first kappa shape index (κ1) is 17.8. The van der Waals surface area contributed by atoms with E-state index in [1.165, 1.54) is 21.3 Å². The Morgan fingerprint density at radius 3 is 2.29 bits per heavy atom. The lowest BCUT2D eigenvalue weighted by molar-refractivity contribution is 0.0954. The molecule has 0 spiro atoms. The van der Waals surface area contributed by atoms with Crippen molar-refractivity contribution >= 4 is 28.1 Å². The van der Waals surface area contributed by atoms with Gasteiger partial charge in [0, 0.05) is 10.0 Å². The number of ether oxygens (including phenoxy) is 3. The van der Waals surface area contributed by atoms with E-state index in [9.17, 15) is 4.79 Å². The predicted octanol–water partition coefficient (Wildman–Crippen LogP) is 3.24. The van der Waals surface area contributed by atoms with Gasteiger partial charge < -0.3 is 14.2 Å². The Hall–Kier alpha value is -2.54. The van der Waals surface area contributed by atoms with Gasteiger partial charge >= 0.3 is 0 Å². The van der Waals surface area contributed by atoms with Crippen molar-refractivity contribution < 1.29 is 19.0 Å². The second-order valence-electron chi connectivity index (χ2n) is 4.67. The standard InChI is InChI=1S/C17H17BrN2O4/c1-22-14-8-12(9-15(23-2)16(14)24-3)17(21)20-19-10-11-5-4-6-13(18)7-11/h4-10H,1-3H3,(H,20,21). The highest BCUT2D eigenvalue weighted by Crippen LogP contribution is 2.38. The van der Waals surface area contributed by atoms with Gasteiger partial charge in [0.05, 0.1) is 27.5 Å². The molecule has 1 N–H and O–H groups in total. The van der Waals surface area contributed by atoms with Crippen molar-refractivity contribution in [3.05, 3.63) is 52.0 Å². The summed E-state index contributed by atoms with van der Waals surface area (Å²) in [5.41, 5.74) is 3.67. The molecule has 0 heterocycles. The van der Waals surface area contributed by atoms with Gasteiger partial charge in [-0.05, 0) is 29.8 Å². The molecule has 0 bridgehead atoms. The van der Waals surface area contributed by atoms with Gasteiger partial charge in [0.15, 0.2) is 11.5 Å². The van der Waals surface area contributed by atoms with Gasteiger partial charge in [-0.25, -0.2) is 5.43 Å². The number of halogens is 1. The third-order valence-electron chi connectivity index (χ3n) is 3.16. The summed E-state index contributed by atoms with van der Waals surface area (Å²) in [7, 11) is 4.48. The van der Waals surface area contributed by atoms with Gasteiger partial charge in [0.1, 0.15) is 0 Å². The van der Waals surface area contributed by atoms with E-state index in [0.717, 1.165) is 10.0 Å². The number of nitrogens with zero attached hydrogens (tertiary/aromatic N) is 1. The maximum atomic E-state index is 12.3. The van der Waals surface area contributed by atoms with Crippen LogP contribution >= 0.6 is 15.9 Å². The minimum Gasteiger partial charge on any atom is -0.493 e. The zero-order valence-corrected chi connectivity index (χ0v) is 15.1. The first-order valence-electron chi connectivity index (χ1n) is 6.98. The van der Waals surface area contributed by atoms with Crippen molar-refractivity contribution in [2.45, 2.75) is 0 Å². The van der Waals surface area contributed by atoms with E-state index in [4.69, 9.17) is 14.2 Å². The summed E-state index contributed by atoms with van der Waals surface area (Å²) in [4.78, 5) is 12.3. The molecule has 126 valence electrons. The SMILES string of the molecule is COc1cc(C(=O)NN=Cc2cccc(Br)c2)cc(OC)c1OC. The second-order valence-corrected chi connectivity index (χ2v) is 5.58. The summed E-state index contributed by atoms with van der Waals surface area (Å²) in [5, 5.41) is 3.95. The molecule has 1 amide bonds. The number of hydrogen-bond donors (Lipinski definition) is 1. The number of carbonyl (C=O) groups is 1. The summed E-state index contributed by atoms with van der Waals surface area (Å²) in [6.45, 7) is 0. The van der Waals surface area contributed by atoms with E-state index in [2.05, 4.69) is 26.5 Å². The first-order chi connectivity index (χ1) is 11.6. The molecule has 0 unspecified atom stereocenters. The molecule has 0 aromatic heterocycles. The normalized spacial score (nSPS) is 10.5. The molecule has 2 rings (SSSR count). The molecule has 0 fully saturated rings. The van der Waals surface area contributed by atoms with Crippen LogP contribution in [0, 0.1) is 0 Å². The van der Waals surface area contributed by atoms with Crippen molar-refractivity contribution in [2.24, 2.45) is 5.10 Å². The molecule has 0 aliphatic carbocycles. The average Bonchev–Trinajstić information content (AvgIpc) is 2.60. The number of nitrogens with one attached hydrogen (secondary N) is 1. The summed E-state index contributed by atoms with van der Waals surface area (Å²) in [5.74, 6) is 0.839. The summed E-state index contributed by atoms with van der Waals surface area (Å²) >= 11 is 3.38. The van der Waals surface area contributed by atoms with Crippen LogP contribution in [0.1, 0.15) is 15.9 Å². The van der Waals surface area contributed by atoms with Crippen LogP contribution in [-0.2, 0) is 0 Å². The van der Waals surface area contributed by atoms with E-state index in [1.807, 2.05) is 24.3 Å². The van der Waals surface area contributed by atoms with Crippen molar-refractivity contribution in [1.29, 1.82) is 0 Å². The van der Waals surface area contributed by atoms with Gasteiger partial charge in [-0.15, -0.1) is 0 Å². The Morgan fingerprint density at radius 2 is 1.75 bits per heavy atom. The van der Waals surface area contributed by atoms with Gasteiger partial charge in [-0.2, -0.15) is 5.10 Å². The summed E-state index contributed by atoms with van der Waals surface area (Å²) in [6, 6.07) is 10.7. The number of rotatable bonds is 6. The number of benzene rings is 2. The van der Waals surface area contributed by atoms with Crippen molar-refractivity contribution in [3.63, 3.8) is 0 Å². The molecular weight excluding hydrogens is 376 g/mol. The van der Waals surface area contributed by atoms with Crippen LogP contribution in [-0.4, -0.2) is 33.5 Å². The number of hydrazone groups is 1. The average molecular weight is 393 g/mol. The van der Waals surface area contributed by atoms with Crippen LogP contribution < -0.4 is 19.6 Å². The van der Waals surface area contributed by atoms with Crippen molar-refractivity contribution in [1.82, 2.24) is 5.43 Å². The monoisotopic (exact) mass is 392 g/mol. The van der Waals surface area contributed by atoms with Crippen LogP contribution in [0.25, 0.3) is 0 Å². The molecular formula is C17H17BrN2O4. The van der Waals surface area contributed by atoms with Gasteiger partial charge in [-0.3, -0.25) is 4.79 Å². The molecule has 24 heavy (non-hydrogen) atoms. The van der Waals surface area contributed by atoms with Crippen molar-refractivity contribution in [3.8, 4) is 17.2 Å². The van der Waals surface area contributed by atoms with Crippen LogP contribution in [0.4, 0.5) is 0 Å². The van der Waals surface area contributed by atoms with Crippen LogP contribution in [0.5, 0.6) is 17.2 Å². The summed E-state index contributed by atoms with van der Waals surface area (Å²) in [6.07, 6.45) is 1.56. The molecule has 7 heteroatoms. The van der Waals surface area contributed by atoms with E-state index >= 15 is 0 Å². The smallest absolute Gasteiger partial charge is 0.271 e. The van der Waals surface area contributed by atoms with Crippen LogP contribution in [0.2, 0.25) is 0 Å². The fraction of sp³-hybridized carbons (Fsp3) is 0.176. The van der Waals surface area contributed by atoms with Gasteiger partial charge in [0.2, 0.25) is 5.75 Å².